The molecule has 0 spiro atoms. The fourth-order valence-corrected chi connectivity index (χ4v) is 4.98. The van der Waals surface area contributed by atoms with Gasteiger partial charge in [0.15, 0.2) is 0 Å². The molecule has 2 fully saturated rings. The number of sulfonamides is 1. The normalized spacial score (nSPS) is 24.0. The maximum absolute atomic E-state index is 12.1. The number of nitrogens with zero attached hydrogens (tertiary/aromatic N) is 4. The zero-order valence-electron chi connectivity index (χ0n) is 13.3. The van der Waals surface area contributed by atoms with Gasteiger partial charge in [0.1, 0.15) is 0 Å². The van der Waals surface area contributed by atoms with Crippen LogP contribution >= 0.6 is 0 Å². The van der Waals surface area contributed by atoms with E-state index in [0.29, 0.717) is 24.9 Å². The molecule has 126 valence electrons. The second-order valence-electron chi connectivity index (χ2n) is 6.35. The predicted molar refractivity (Wildman–Crippen MR) is 90.6 cm³/mol. The Labute approximate surface area is 138 Å². The molecule has 2 aliphatic rings. The zero-order chi connectivity index (χ0) is 16.3. The van der Waals surface area contributed by atoms with Gasteiger partial charge < -0.3 is 4.90 Å². The summed E-state index contributed by atoms with van der Waals surface area (Å²) in [6.45, 7) is 6.76. The first-order valence-electron chi connectivity index (χ1n) is 8.21. The lowest BCUT2D eigenvalue weighted by Crippen LogP contribution is -2.38. The molecule has 1 atom stereocenters. The number of hydrogen-bond donors (Lipinski definition) is 0. The van der Waals surface area contributed by atoms with Crippen molar-refractivity contribution >= 4 is 16.0 Å². The highest BCUT2D eigenvalue weighted by atomic mass is 32.2. The van der Waals surface area contributed by atoms with Crippen molar-refractivity contribution < 1.29 is 8.42 Å². The molecule has 7 heteroatoms. The Morgan fingerprint density at radius 1 is 1.13 bits per heavy atom. The molecule has 2 saturated heterocycles. The first-order chi connectivity index (χ1) is 11.1. The van der Waals surface area contributed by atoms with Crippen LogP contribution in [0.2, 0.25) is 0 Å². The Morgan fingerprint density at radius 2 is 1.78 bits per heavy atom. The average molecular weight is 336 g/mol. The molecule has 23 heavy (non-hydrogen) atoms. The van der Waals surface area contributed by atoms with E-state index in [2.05, 4.69) is 21.4 Å². The van der Waals surface area contributed by atoms with Crippen molar-refractivity contribution in [1.82, 2.24) is 14.3 Å². The van der Waals surface area contributed by atoms with Crippen LogP contribution in [0, 0.1) is 11.8 Å². The fourth-order valence-electron chi connectivity index (χ4n) is 3.67. The molecule has 0 amide bonds. The highest BCUT2D eigenvalue weighted by Gasteiger charge is 2.36. The first-order valence-corrected chi connectivity index (χ1v) is 9.82. The van der Waals surface area contributed by atoms with Gasteiger partial charge in [-0.15, -0.1) is 6.58 Å². The molecule has 0 saturated carbocycles. The van der Waals surface area contributed by atoms with Gasteiger partial charge in [0.05, 0.1) is 5.75 Å². The summed E-state index contributed by atoms with van der Waals surface area (Å²) in [4.78, 5) is 10.8. The quantitative estimate of drug-likeness (QED) is 0.763. The highest BCUT2D eigenvalue weighted by molar-refractivity contribution is 7.89. The summed E-state index contributed by atoms with van der Waals surface area (Å²) >= 11 is 0. The second-order valence-corrected chi connectivity index (χ2v) is 8.36. The van der Waals surface area contributed by atoms with Crippen LogP contribution in [0.25, 0.3) is 0 Å². The fraction of sp³-hybridized carbons (Fsp3) is 0.625. The third kappa shape index (κ3) is 3.72. The Hall–Kier alpha value is -1.47. The lowest BCUT2D eigenvalue weighted by molar-refractivity contribution is 0.282. The van der Waals surface area contributed by atoms with Gasteiger partial charge in [-0.3, -0.25) is 0 Å². The van der Waals surface area contributed by atoms with Crippen LogP contribution in [0.1, 0.15) is 19.3 Å². The minimum atomic E-state index is -3.15. The Kier molecular flexibility index (Phi) is 4.96. The summed E-state index contributed by atoms with van der Waals surface area (Å²) in [6.07, 6.45) is 8.15. The van der Waals surface area contributed by atoms with Crippen LogP contribution < -0.4 is 4.90 Å². The van der Waals surface area contributed by atoms with E-state index < -0.39 is 10.0 Å². The van der Waals surface area contributed by atoms with E-state index in [0.717, 1.165) is 38.3 Å². The maximum atomic E-state index is 12.1. The minimum Gasteiger partial charge on any atom is -0.341 e. The summed E-state index contributed by atoms with van der Waals surface area (Å²) in [5.74, 6) is 1.92. The number of anilines is 1. The van der Waals surface area contributed by atoms with Gasteiger partial charge in [-0.25, -0.2) is 22.7 Å². The molecule has 0 radical (unpaired) electrons. The van der Waals surface area contributed by atoms with Gasteiger partial charge >= 0.3 is 0 Å². The second kappa shape index (κ2) is 6.97. The molecule has 3 rings (SSSR count). The lowest BCUT2D eigenvalue weighted by Gasteiger charge is -2.34. The molecule has 0 aromatic carbocycles. The molecule has 1 unspecified atom stereocenters. The van der Waals surface area contributed by atoms with Gasteiger partial charge in [0, 0.05) is 38.6 Å². The van der Waals surface area contributed by atoms with Gasteiger partial charge in [0.2, 0.25) is 16.0 Å². The van der Waals surface area contributed by atoms with E-state index in [-0.39, 0.29) is 5.75 Å². The molecule has 1 aromatic heterocycles. The Morgan fingerprint density at radius 3 is 2.43 bits per heavy atom. The standard InChI is InChI=1S/C16H24N4O2S/c1-2-12-23(21,22)20-11-6-15(13-20)14-4-9-19(10-5-14)16-17-7-3-8-18-16/h2-3,7-8,14-15H,1,4-6,9-13H2. The summed E-state index contributed by atoms with van der Waals surface area (Å²) in [5, 5.41) is 0. The number of aromatic nitrogens is 2. The number of rotatable bonds is 5. The van der Waals surface area contributed by atoms with Crippen molar-refractivity contribution in [3.63, 3.8) is 0 Å². The first kappa shape index (κ1) is 16.4. The van der Waals surface area contributed by atoms with E-state index in [1.807, 2.05) is 6.07 Å². The third-order valence-electron chi connectivity index (χ3n) is 4.95. The number of hydrogen-bond acceptors (Lipinski definition) is 5. The molecule has 6 nitrogen and oxygen atoms in total. The lowest BCUT2D eigenvalue weighted by atomic mass is 9.84. The molecule has 1 aromatic rings. The SMILES string of the molecule is C=CCS(=O)(=O)N1CCC(C2CCN(c3ncccn3)CC2)C1. The topological polar surface area (TPSA) is 66.4 Å². The van der Waals surface area contributed by atoms with Crippen molar-refractivity contribution in [1.29, 1.82) is 0 Å². The molecule has 2 aliphatic heterocycles. The molecule has 3 heterocycles. The third-order valence-corrected chi connectivity index (χ3v) is 6.73. The molecule has 0 N–H and O–H groups in total. The van der Waals surface area contributed by atoms with Crippen molar-refractivity contribution in [2.24, 2.45) is 11.8 Å². The molecule has 0 bridgehead atoms. The highest BCUT2D eigenvalue weighted by Crippen LogP contribution is 2.33. The predicted octanol–water partition coefficient (Wildman–Crippen LogP) is 1.53. The average Bonchev–Trinajstić information content (AvgIpc) is 3.07. The molecule has 0 aliphatic carbocycles. The smallest absolute Gasteiger partial charge is 0.225 e. The van der Waals surface area contributed by atoms with Gasteiger partial charge in [-0.2, -0.15) is 0 Å². The Bertz CT molecular complexity index is 627. The van der Waals surface area contributed by atoms with Crippen LogP contribution in [-0.2, 0) is 10.0 Å². The van der Waals surface area contributed by atoms with Crippen molar-refractivity contribution in [2.75, 3.05) is 36.8 Å². The van der Waals surface area contributed by atoms with E-state index in [1.54, 1.807) is 16.7 Å². The van der Waals surface area contributed by atoms with E-state index in [9.17, 15) is 8.42 Å². The van der Waals surface area contributed by atoms with E-state index >= 15 is 0 Å². The Balaban J connectivity index is 1.54. The molecular weight excluding hydrogens is 312 g/mol. The molecular formula is C16H24N4O2S. The van der Waals surface area contributed by atoms with E-state index in [4.69, 9.17) is 0 Å². The largest absolute Gasteiger partial charge is 0.341 e. The monoisotopic (exact) mass is 336 g/mol. The van der Waals surface area contributed by atoms with Gasteiger partial charge in [0.25, 0.3) is 0 Å². The van der Waals surface area contributed by atoms with Crippen molar-refractivity contribution in [2.45, 2.75) is 19.3 Å². The van der Waals surface area contributed by atoms with E-state index in [1.165, 1.54) is 6.08 Å². The van der Waals surface area contributed by atoms with Crippen LogP contribution in [0.3, 0.4) is 0 Å². The van der Waals surface area contributed by atoms with Gasteiger partial charge in [-0.1, -0.05) is 6.08 Å². The minimum absolute atomic E-state index is 0.0451. The number of piperidine rings is 1. The van der Waals surface area contributed by atoms with Crippen molar-refractivity contribution in [3.05, 3.63) is 31.1 Å². The summed E-state index contributed by atoms with van der Waals surface area (Å²) in [6, 6.07) is 1.83. The van der Waals surface area contributed by atoms with Crippen LogP contribution in [0.5, 0.6) is 0 Å². The summed E-state index contributed by atoms with van der Waals surface area (Å²) in [5.41, 5.74) is 0. The summed E-state index contributed by atoms with van der Waals surface area (Å²) in [7, 11) is -3.15. The zero-order valence-corrected chi connectivity index (χ0v) is 14.2. The van der Waals surface area contributed by atoms with Gasteiger partial charge in [-0.05, 0) is 37.2 Å². The maximum Gasteiger partial charge on any atom is 0.225 e. The summed E-state index contributed by atoms with van der Waals surface area (Å²) < 4.78 is 25.9. The van der Waals surface area contributed by atoms with Crippen LogP contribution in [-0.4, -0.2) is 54.6 Å². The van der Waals surface area contributed by atoms with Crippen LogP contribution in [0.15, 0.2) is 31.1 Å². The van der Waals surface area contributed by atoms with Crippen molar-refractivity contribution in [3.8, 4) is 0 Å². The van der Waals surface area contributed by atoms with Crippen LogP contribution in [0.4, 0.5) is 5.95 Å².